The van der Waals surface area contributed by atoms with E-state index in [9.17, 15) is 0 Å². The summed E-state index contributed by atoms with van der Waals surface area (Å²) in [5.41, 5.74) is 2.33. The molecular formula is C17H25N3O. The third kappa shape index (κ3) is 4.69. The van der Waals surface area contributed by atoms with E-state index in [1.165, 1.54) is 5.56 Å². The van der Waals surface area contributed by atoms with Crippen LogP contribution in [0.5, 0.6) is 0 Å². The Hall–Kier alpha value is -1.65. The van der Waals surface area contributed by atoms with E-state index in [1.54, 1.807) is 7.11 Å². The van der Waals surface area contributed by atoms with Gasteiger partial charge in [-0.15, -0.1) is 0 Å². The van der Waals surface area contributed by atoms with Gasteiger partial charge in [-0.05, 0) is 18.0 Å². The minimum Gasteiger partial charge on any atom is -0.382 e. The van der Waals surface area contributed by atoms with Gasteiger partial charge in [0.25, 0.3) is 0 Å². The van der Waals surface area contributed by atoms with Gasteiger partial charge in [0.15, 0.2) is 0 Å². The van der Waals surface area contributed by atoms with Crippen molar-refractivity contribution in [3.8, 4) is 11.1 Å². The molecule has 0 bridgehead atoms. The molecule has 0 radical (unpaired) electrons. The highest BCUT2D eigenvalue weighted by atomic mass is 16.5. The van der Waals surface area contributed by atoms with E-state index < -0.39 is 0 Å². The Morgan fingerprint density at radius 3 is 2.57 bits per heavy atom. The molecule has 0 saturated heterocycles. The monoisotopic (exact) mass is 287 g/mol. The zero-order chi connectivity index (χ0) is 15.1. The van der Waals surface area contributed by atoms with Crippen LogP contribution >= 0.6 is 0 Å². The van der Waals surface area contributed by atoms with E-state index in [-0.39, 0.29) is 6.04 Å². The summed E-state index contributed by atoms with van der Waals surface area (Å²) in [7, 11) is 1.73. The maximum absolute atomic E-state index is 5.33. The normalized spacial score (nSPS) is 12.8. The average molecular weight is 287 g/mol. The molecule has 4 heteroatoms. The number of ether oxygens (including phenoxy) is 1. The lowest BCUT2D eigenvalue weighted by atomic mass is 10.1. The Morgan fingerprint density at radius 1 is 1.14 bits per heavy atom. The lowest BCUT2D eigenvalue weighted by Crippen LogP contribution is -2.31. The molecule has 114 valence electrons. The number of benzene rings is 1. The smallest absolute Gasteiger partial charge is 0.0876 e. The largest absolute Gasteiger partial charge is 0.382 e. The van der Waals surface area contributed by atoms with Gasteiger partial charge in [-0.3, -0.25) is 4.68 Å². The summed E-state index contributed by atoms with van der Waals surface area (Å²) in [4.78, 5) is 0. The van der Waals surface area contributed by atoms with Gasteiger partial charge in [0.2, 0.25) is 0 Å². The Bertz CT molecular complexity index is 522. The number of aromatic nitrogens is 2. The first kappa shape index (κ1) is 15.7. The van der Waals surface area contributed by atoms with E-state index in [2.05, 4.69) is 42.6 Å². The third-order valence-corrected chi connectivity index (χ3v) is 3.37. The molecule has 1 aromatic carbocycles. The molecule has 21 heavy (non-hydrogen) atoms. The number of methoxy groups -OCH3 is 1. The van der Waals surface area contributed by atoms with Gasteiger partial charge in [0, 0.05) is 25.4 Å². The number of nitrogens with zero attached hydrogens (tertiary/aromatic N) is 2. The van der Waals surface area contributed by atoms with Crippen LogP contribution in [-0.4, -0.2) is 36.6 Å². The molecule has 1 unspecified atom stereocenters. The maximum Gasteiger partial charge on any atom is 0.0876 e. The summed E-state index contributed by atoms with van der Waals surface area (Å²) >= 11 is 0. The van der Waals surface area contributed by atoms with Crippen LogP contribution in [0.2, 0.25) is 0 Å². The van der Waals surface area contributed by atoms with Crippen molar-refractivity contribution < 1.29 is 4.74 Å². The van der Waals surface area contributed by atoms with Crippen molar-refractivity contribution in [2.75, 3.05) is 26.8 Å². The molecule has 1 heterocycles. The molecule has 2 rings (SSSR count). The molecule has 1 aromatic heterocycles. The van der Waals surface area contributed by atoms with Gasteiger partial charge in [-0.1, -0.05) is 44.2 Å². The first-order valence-electron chi connectivity index (χ1n) is 7.50. The lowest BCUT2D eigenvalue weighted by Gasteiger charge is -2.18. The molecule has 4 nitrogen and oxygen atoms in total. The van der Waals surface area contributed by atoms with Crippen LogP contribution in [0.3, 0.4) is 0 Å². The molecule has 0 saturated carbocycles. The lowest BCUT2D eigenvalue weighted by molar-refractivity contribution is 0.147. The molecule has 0 amide bonds. The fourth-order valence-corrected chi connectivity index (χ4v) is 2.28. The number of rotatable bonds is 8. The van der Waals surface area contributed by atoms with Gasteiger partial charge in [0.05, 0.1) is 18.8 Å². The first-order chi connectivity index (χ1) is 10.2. The summed E-state index contributed by atoms with van der Waals surface area (Å²) in [6.45, 7) is 6.94. The summed E-state index contributed by atoms with van der Waals surface area (Å²) in [6, 6.07) is 10.5. The van der Waals surface area contributed by atoms with Gasteiger partial charge in [-0.2, -0.15) is 5.10 Å². The molecule has 0 spiro atoms. The summed E-state index contributed by atoms with van der Waals surface area (Å²) in [5, 5.41) is 7.98. The molecule has 0 aliphatic rings. The fourth-order valence-electron chi connectivity index (χ4n) is 2.28. The summed E-state index contributed by atoms with van der Waals surface area (Å²) in [6.07, 6.45) is 4.01. The molecule has 1 atom stereocenters. The quantitative estimate of drug-likeness (QED) is 0.811. The topological polar surface area (TPSA) is 39.1 Å². The second kappa shape index (κ2) is 7.96. The van der Waals surface area contributed by atoms with Crippen molar-refractivity contribution in [1.29, 1.82) is 0 Å². The standard InChI is InChI=1S/C17H25N3O/c1-14(2)9-18-11-17(13-21-3)20-12-16(10-19-20)15-7-5-4-6-8-15/h4-8,10,12,14,17-18H,9,11,13H2,1-3H3. The number of hydrogen-bond donors (Lipinski definition) is 1. The fraction of sp³-hybridized carbons (Fsp3) is 0.471. The van der Waals surface area contributed by atoms with E-state index in [0.717, 1.165) is 18.7 Å². The van der Waals surface area contributed by atoms with Crippen LogP contribution in [0.4, 0.5) is 0 Å². The van der Waals surface area contributed by atoms with Crippen LogP contribution in [0.25, 0.3) is 11.1 Å². The van der Waals surface area contributed by atoms with Crippen LogP contribution in [0, 0.1) is 5.92 Å². The van der Waals surface area contributed by atoms with Gasteiger partial charge >= 0.3 is 0 Å². The molecular weight excluding hydrogens is 262 g/mol. The van der Waals surface area contributed by atoms with E-state index in [4.69, 9.17) is 4.74 Å². The van der Waals surface area contributed by atoms with Crippen molar-refractivity contribution >= 4 is 0 Å². The Morgan fingerprint density at radius 2 is 1.90 bits per heavy atom. The highest BCUT2D eigenvalue weighted by Gasteiger charge is 2.13. The van der Waals surface area contributed by atoms with Crippen molar-refractivity contribution in [3.63, 3.8) is 0 Å². The van der Waals surface area contributed by atoms with Crippen LogP contribution in [0.15, 0.2) is 42.7 Å². The Labute approximate surface area is 127 Å². The molecule has 0 aliphatic heterocycles. The van der Waals surface area contributed by atoms with Crippen LogP contribution in [0.1, 0.15) is 19.9 Å². The highest BCUT2D eigenvalue weighted by molar-refractivity contribution is 5.61. The second-order valence-corrected chi connectivity index (χ2v) is 5.74. The molecule has 2 aromatic rings. The van der Waals surface area contributed by atoms with Crippen LogP contribution in [-0.2, 0) is 4.74 Å². The predicted molar refractivity (Wildman–Crippen MR) is 86.3 cm³/mol. The first-order valence-corrected chi connectivity index (χ1v) is 7.50. The minimum atomic E-state index is 0.214. The van der Waals surface area contributed by atoms with Crippen molar-refractivity contribution in [2.24, 2.45) is 5.92 Å². The zero-order valence-electron chi connectivity index (χ0n) is 13.1. The van der Waals surface area contributed by atoms with Crippen molar-refractivity contribution in [3.05, 3.63) is 42.7 Å². The minimum absolute atomic E-state index is 0.214. The highest BCUT2D eigenvalue weighted by Crippen LogP contribution is 2.19. The van der Waals surface area contributed by atoms with E-state index in [1.807, 2.05) is 29.1 Å². The Kier molecular flexibility index (Phi) is 5.96. The van der Waals surface area contributed by atoms with Gasteiger partial charge in [-0.25, -0.2) is 0 Å². The van der Waals surface area contributed by atoms with Crippen molar-refractivity contribution in [2.45, 2.75) is 19.9 Å². The average Bonchev–Trinajstić information content (AvgIpc) is 2.97. The molecule has 0 fully saturated rings. The van der Waals surface area contributed by atoms with Crippen LogP contribution < -0.4 is 5.32 Å². The van der Waals surface area contributed by atoms with Gasteiger partial charge in [0.1, 0.15) is 0 Å². The zero-order valence-corrected chi connectivity index (χ0v) is 13.1. The predicted octanol–water partition coefficient (Wildman–Crippen LogP) is 2.98. The van der Waals surface area contributed by atoms with Gasteiger partial charge < -0.3 is 10.1 Å². The maximum atomic E-state index is 5.33. The number of nitrogens with one attached hydrogen (secondary N) is 1. The summed E-state index contributed by atoms with van der Waals surface area (Å²) in [5.74, 6) is 0.644. The third-order valence-electron chi connectivity index (χ3n) is 3.37. The van der Waals surface area contributed by atoms with Crippen molar-refractivity contribution in [1.82, 2.24) is 15.1 Å². The van der Waals surface area contributed by atoms with E-state index in [0.29, 0.717) is 12.5 Å². The number of hydrogen-bond acceptors (Lipinski definition) is 3. The Balaban J connectivity index is 2.05. The summed E-state index contributed by atoms with van der Waals surface area (Å²) < 4.78 is 7.33. The second-order valence-electron chi connectivity index (χ2n) is 5.74. The SMILES string of the molecule is COCC(CNCC(C)C)n1cc(-c2ccccc2)cn1. The molecule has 1 N–H and O–H groups in total. The molecule has 0 aliphatic carbocycles. The van der Waals surface area contributed by atoms with E-state index >= 15 is 0 Å².